The highest BCUT2D eigenvalue weighted by Gasteiger charge is 2.02. The van der Waals surface area contributed by atoms with Gasteiger partial charge in [0.2, 0.25) is 0 Å². The lowest BCUT2D eigenvalue weighted by atomic mass is 10.3. The van der Waals surface area contributed by atoms with Crippen LogP contribution in [0.25, 0.3) is 0 Å². The van der Waals surface area contributed by atoms with Gasteiger partial charge >= 0.3 is 11.9 Å². The van der Waals surface area contributed by atoms with E-state index in [4.69, 9.17) is 9.47 Å². The summed E-state index contributed by atoms with van der Waals surface area (Å²) in [5.74, 6) is -0.895. The molecule has 90 valence electrons. The van der Waals surface area contributed by atoms with Gasteiger partial charge in [-0.3, -0.25) is 9.59 Å². The third-order valence-electron chi connectivity index (χ3n) is 1.45. The van der Waals surface area contributed by atoms with E-state index in [0.717, 1.165) is 0 Å². The highest BCUT2D eigenvalue weighted by Crippen LogP contribution is 1.93. The molecule has 0 aromatic carbocycles. The van der Waals surface area contributed by atoms with Crippen LogP contribution in [-0.4, -0.2) is 38.2 Å². The Kier molecular flexibility index (Phi) is 9.83. The summed E-state index contributed by atoms with van der Waals surface area (Å²) in [7, 11) is 0. The molecule has 0 aliphatic heterocycles. The molecule has 8 heteroatoms. The molecule has 0 N–H and O–H groups in total. The zero-order valence-electron chi connectivity index (χ0n) is 8.59. The number of ether oxygens (including phenoxy) is 2. The van der Waals surface area contributed by atoms with Gasteiger partial charge in [-0.2, -0.15) is 0 Å². The van der Waals surface area contributed by atoms with Crippen molar-refractivity contribution < 1.29 is 19.1 Å². The maximum absolute atomic E-state index is 10.8. The average Bonchev–Trinajstić information content (AvgIpc) is 2.24. The molecule has 0 amide bonds. The molecule has 0 aromatic rings. The molecular weight excluding hydrogens is 252 g/mol. The monoisotopic (exact) mass is 264 g/mol. The van der Waals surface area contributed by atoms with E-state index in [9.17, 15) is 9.59 Å². The molecule has 0 radical (unpaired) electrons. The van der Waals surface area contributed by atoms with Crippen LogP contribution in [0.2, 0.25) is 0 Å². The predicted octanol–water partition coefficient (Wildman–Crippen LogP) is 0.314. The Balaban J connectivity index is 3.27. The van der Waals surface area contributed by atoms with E-state index in [1.807, 2.05) is 0 Å². The SMILES string of the molecule is O=C(CN=S)OCCCCOC(=O)CN=S. The van der Waals surface area contributed by atoms with E-state index in [1.54, 1.807) is 0 Å². The molecule has 0 bridgehead atoms. The predicted molar refractivity (Wildman–Crippen MR) is 60.5 cm³/mol. The average molecular weight is 264 g/mol. The van der Waals surface area contributed by atoms with Gasteiger partial charge in [-0.1, -0.05) is 0 Å². The van der Waals surface area contributed by atoms with Crippen molar-refractivity contribution in [3.05, 3.63) is 0 Å². The second kappa shape index (κ2) is 10.5. The van der Waals surface area contributed by atoms with Crippen molar-refractivity contribution in [2.75, 3.05) is 26.3 Å². The summed E-state index contributed by atoms with van der Waals surface area (Å²) >= 11 is 8.50. The summed E-state index contributed by atoms with van der Waals surface area (Å²) in [5, 5.41) is 0. The van der Waals surface area contributed by atoms with Gasteiger partial charge in [0.05, 0.1) is 13.2 Å². The number of unbranched alkanes of at least 4 members (excludes halogenated alkanes) is 1. The molecule has 6 nitrogen and oxygen atoms in total. The fourth-order valence-electron chi connectivity index (χ4n) is 0.773. The molecule has 0 rings (SSSR count). The van der Waals surface area contributed by atoms with Gasteiger partial charge in [0, 0.05) is 24.9 Å². The number of hydrogen-bond donors (Lipinski definition) is 0. The standard InChI is InChI=1S/C8H12N2O4S2/c11-7(5-9-15)13-3-1-2-4-14-8(12)6-10-16/h1-6H2. The molecule has 0 aliphatic rings. The van der Waals surface area contributed by atoms with Crippen molar-refractivity contribution in [3.63, 3.8) is 0 Å². The third kappa shape index (κ3) is 9.53. The van der Waals surface area contributed by atoms with Crippen molar-refractivity contribution in [2.24, 2.45) is 8.73 Å². The van der Waals surface area contributed by atoms with Crippen molar-refractivity contribution in [1.82, 2.24) is 0 Å². The maximum Gasteiger partial charge on any atom is 0.328 e. The maximum atomic E-state index is 10.8. The molecule has 0 unspecified atom stereocenters. The van der Waals surface area contributed by atoms with Crippen molar-refractivity contribution >= 4 is 36.8 Å². The lowest BCUT2D eigenvalue weighted by Crippen LogP contribution is -2.11. The first-order valence-corrected chi connectivity index (χ1v) is 5.33. The van der Waals surface area contributed by atoms with Crippen LogP contribution < -0.4 is 0 Å². The number of carbonyl (C=O) groups is 2. The van der Waals surface area contributed by atoms with Crippen LogP contribution in [-0.2, 0) is 43.9 Å². The van der Waals surface area contributed by atoms with Gasteiger partial charge < -0.3 is 9.47 Å². The Labute approximate surface area is 104 Å². The fourth-order valence-corrected chi connectivity index (χ4v) is 0.984. The Hall–Kier alpha value is -1.02. The van der Waals surface area contributed by atoms with Crippen molar-refractivity contribution in [3.8, 4) is 0 Å². The molecule has 0 saturated carbocycles. The molecule has 0 spiro atoms. The Morgan fingerprint density at radius 3 is 1.56 bits per heavy atom. The van der Waals surface area contributed by atoms with Gasteiger partial charge in [0.25, 0.3) is 0 Å². The first-order chi connectivity index (χ1) is 7.70. The minimum absolute atomic E-state index is 0.106. The van der Waals surface area contributed by atoms with Crippen LogP contribution in [0.3, 0.4) is 0 Å². The first-order valence-electron chi connectivity index (χ1n) is 4.60. The van der Waals surface area contributed by atoms with Crippen LogP contribution in [0.1, 0.15) is 12.8 Å². The van der Waals surface area contributed by atoms with Crippen molar-refractivity contribution in [1.29, 1.82) is 0 Å². The highest BCUT2D eigenvalue weighted by molar-refractivity contribution is 7.47. The molecule has 16 heavy (non-hydrogen) atoms. The Morgan fingerprint density at radius 2 is 1.25 bits per heavy atom. The smallest absolute Gasteiger partial charge is 0.328 e. The molecule has 0 saturated heterocycles. The van der Waals surface area contributed by atoms with E-state index >= 15 is 0 Å². The topological polar surface area (TPSA) is 77.3 Å². The van der Waals surface area contributed by atoms with E-state index in [-0.39, 0.29) is 26.3 Å². The van der Waals surface area contributed by atoms with Crippen LogP contribution in [0.5, 0.6) is 0 Å². The number of nitrogens with zero attached hydrogens (tertiary/aromatic N) is 2. The first kappa shape index (κ1) is 15.0. The largest absolute Gasteiger partial charge is 0.464 e. The summed E-state index contributed by atoms with van der Waals surface area (Å²) in [5.41, 5.74) is 0. The van der Waals surface area contributed by atoms with Gasteiger partial charge in [-0.25, -0.2) is 8.73 Å². The van der Waals surface area contributed by atoms with E-state index in [0.29, 0.717) is 12.8 Å². The minimum atomic E-state index is -0.447. The zero-order valence-corrected chi connectivity index (χ0v) is 10.2. The molecule has 0 fully saturated rings. The minimum Gasteiger partial charge on any atom is -0.464 e. The summed E-state index contributed by atoms with van der Waals surface area (Å²) in [6.45, 7) is 0.328. The zero-order chi connectivity index (χ0) is 12.2. The molecule has 0 atom stereocenters. The summed E-state index contributed by atoms with van der Waals surface area (Å²) in [6, 6.07) is 0. The lowest BCUT2D eigenvalue weighted by molar-refractivity contribution is -0.144. The fraction of sp³-hybridized carbons (Fsp3) is 0.750. The van der Waals surface area contributed by atoms with Gasteiger partial charge in [0.15, 0.2) is 0 Å². The van der Waals surface area contributed by atoms with E-state index in [2.05, 4.69) is 33.6 Å². The van der Waals surface area contributed by atoms with Gasteiger partial charge in [-0.05, 0) is 12.8 Å². The molecule has 0 heterocycles. The van der Waals surface area contributed by atoms with Gasteiger partial charge in [0.1, 0.15) is 13.1 Å². The third-order valence-corrected chi connectivity index (χ3v) is 1.71. The number of hydrogen-bond acceptors (Lipinski definition) is 8. The highest BCUT2D eigenvalue weighted by atomic mass is 32.1. The normalized spacial score (nSPS) is 9.25. The van der Waals surface area contributed by atoms with Crippen LogP contribution >= 0.6 is 0 Å². The van der Waals surface area contributed by atoms with E-state index < -0.39 is 11.9 Å². The second-order valence-corrected chi connectivity index (χ2v) is 3.24. The summed E-state index contributed by atoms with van der Waals surface area (Å²) in [4.78, 5) is 21.6. The second-order valence-electron chi connectivity index (χ2n) is 2.72. The molecule has 0 aromatic heterocycles. The summed E-state index contributed by atoms with van der Waals surface area (Å²) < 4.78 is 16.0. The Morgan fingerprint density at radius 1 is 0.875 bits per heavy atom. The number of carbonyl (C=O) groups excluding carboxylic acids is 2. The number of rotatable bonds is 9. The lowest BCUT2D eigenvalue weighted by Gasteiger charge is -2.03. The van der Waals surface area contributed by atoms with Crippen LogP contribution in [0.15, 0.2) is 8.73 Å². The molecule has 0 aliphatic carbocycles. The van der Waals surface area contributed by atoms with E-state index in [1.165, 1.54) is 0 Å². The number of esters is 2. The van der Waals surface area contributed by atoms with Gasteiger partial charge in [-0.15, -0.1) is 0 Å². The van der Waals surface area contributed by atoms with Crippen LogP contribution in [0.4, 0.5) is 0 Å². The van der Waals surface area contributed by atoms with Crippen LogP contribution in [0, 0.1) is 0 Å². The van der Waals surface area contributed by atoms with Crippen molar-refractivity contribution in [2.45, 2.75) is 12.8 Å². The Bertz CT molecular complexity index is 234. The quantitative estimate of drug-likeness (QED) is 0.441. The molecular formula is C8H12N2O4S2. The summed E-state index contributed by atoms with van der Waals surface area (Å²) in [6.07, 6.45) is 1.23.